The minimum Gasteiger partial charge on any atom is -0.420 e. The summed E-state index contributed by atoms with van der Waals surface area (Å²) in [5, 5.41) is 3.00. The molecule has 16 heteroatoms. The van der Waals surface area contributed by atoms with Gasteiger partial charge in [0.1, 0.15) is 6.04 Å². The zero-order chi connectivity index (χ0) is 40.1. The number of halogens is 5. The van der Waals surface area contributed by atoms with Crippen LogP contribution in [-0.2, 0) is 28.7 Å². The lowest BCUT2D eigenvalue weighted by Crippen LogP contribution is -2.61. The highest BCUT2D eigenvalue weighted by Crippen LogP contribution is 2.33. The van der Waals surface area contributed by atoms with Gasteiger partial charge in [0.2, 0.25) is 52.6 Å². The number of carbonyl (C=O) groups excluding carboxylic acids is 4. The maximum Gasteiger partial charge on any atom is 0.316 e. The smallest absolute Gasteiger partial charge is 0.316 e. The van der Waals surface area contributed by atoms with Crippen LogP contribution in [0.15, 0.2) is 0 Å². The largest absolute Gasteiger partial charge is 0.420 e. The summed E-state index contributed by atoms with van der Waals surface area (Å²) in [5.41, 5.74) is -0.743. The van der Waals surface area contributed by atoms with Gasteiger partial charge in [0, 0.05) is 27.8 Å². The molecule has 1 aromatic carbocycles. The summed E-state index contributed by atoms with van der Waals surface area (Å²) < 4.78 is 85.8. The highest BCUT2D eigenvalue weighted by Gasteiger charge is 2.46. The van der Waals surface area contributed by atoms with Gasteiger partial charge in [-0.05, 0) is 65.0 Å². The number of esters is 1. The van der Waals surface area contributed by atoms with E-state index in [4.69, 9.17) is 9.47 Å². The fourth-order valence-electron chi connectivity index (χ4n) is 7.57. The van der Waals surface area contributed by atoms with Crippen LogP contribution in [0, 0.1) is 46.8 Å². The molecule has 1 unspecified atom stereocenters. The third-order valence-corrected chi connectivity index (χ3v) is 11.3. The fraction of sp³-hybridized carbons (Fsp3) is 0.730. The third kappa shape index (κ3) is 9.13. The van der Waals surface area contributed by atoms with E-state index in [0.717, 1.165) is 13.0 Å². The van der Waals surface area contributed by atoms with Crippen molar-refractivity contribution in [2.75, 3.05) is 41.4 Å². The van der Waals surface area contributed by atoms with Crippen molar-refractivity contribution in [1.29, 1.82) is 0 Å². The molecule has 1 aromatic rings. The molecule has 53 heavy (non-hydrogen) atoms. The molecule has 1 N–H and O–H groups in total. The Labute approximate surface area is 308 Å². The minimum absolute atomic E-state index is 0.137. The first-order valence-corrected chi connectivity index (χ1v) is 18.2. The number of likely N-dealkylation sites (N-methyl/N-ethyl adjacent to an activating group) is 2. The number of nitrogens with one attached hydrogen (secondary N) is 1. The Bertz CT molecular complexity index is 1470. The number of rotatable bonds is 16. The Balaban J connectivity index is 1.81. The van der Waals surface area contributed by atoms with Crippen molar-refractivity contribution in [2.24, 2.45) is 17.8 Å². The van der Waals surface area contributed by atoms with Crippen LogP contribution in [0.25, 0.3) is 0 Å². The highest BCUT2D eigenvalue weighted by atomic mass is 19.2. The second-order valence-corrected chi connectivity index (χ2v) is 14.9. The van der Waals surface area contributed by atoms with Gasteiger partial charge in [0.15, 0.2) is 0 Å². The molecule has 0 saturated carbocycles. The average Bonchev–Trinajstić information content (AvgIpc) is 3.76. The molecule has 3 rings (SSSR count). The number of likely N-dealkylation sites (tertiary alicyclic amines) is 2. The Morgan fingerprint density at radius 3 is 2.00 bits per heavy atom. The predicted molar refractivity (Wildman–Crippen MR) is 185 cm³/mol. The third-order valence-electron chi connectivity index (χ3n) is 11.3. The van der Waals surface area contributed by atoms with Gasteiger partial charge in [-0.3, -0.25) is 24.1 Å². The van der Waals surface area contributed by atoms with E-state index in [2.05, 4.69) is 10.1 Å². The van der Waals surface area contributed by atoms with Crippen molar-refractivity contribution in [3.05, 3.63) is 29.1 Å². The fourth-order valence-corrected chi connectivity index (χ4v) is 7.57. The molecule has 2 aliphatic heterocycles. The van der Waals surface area contributed by atoms with Crippen molar-refractivity contribution < 1.29 is 55.3 Å². The van der Waals surface area contributed by atoms with Gasteiger partial charge in [-0.25, -0.2) is 13.2 Å². The van der Waals surface area contributed by atoms with E-state index in [-0.39, 0.29) is 42.5 Å². The molecule has 2 fully saturated rings. The summed E-state index contributed by atoms with van der Waals surface area (Å²) in [4.78, 5) is 59.8. The van der Waals surface area contributed by atoms with E-state index in [0.29, 0.717) is 25.7 Å². The summed E-state index contributed by atoms with van der Waals surface area (Å²) >= 11 is 0. The van der Waals surface area contributed by atoms with Gasteiger partial charge < -0.3 is 29.3 Å². The SMILES string of the molecule is CC[C@H](C)[C@@H]([C@@H](CC(=O)N1CCC[C@H]1C(OC)[C@@H](C)C(=O)Oc1c(F)c(F)c(F)c(F)c1F)OC)N(C)C(=O)[C@@H](NC(=O)[C@@]1(C)CCCN1C)C(C)C. The maximum absolute atomic E-state index is 14.3. The number of benzene rings is 1. The van der Waals surface area contributed by atoms with Gasteiger partial charge in [0.05, 0.1) is 42.2 Å². The van der Waals surface area contributed by atoms with Gasteiger partial charge in [0.25, 0.3) is 0 Å². The van der Waals surface area contributed by atoms with Crippen LogP contribution in [0.1, 0.15) is 80.1 Å². The van der Waals surface area contributed by atoms with Crippen molar-refractivity contribution >= 4 is 23.7 Å². The van der Waals surface area contributed by atoms with Crippen LogP contribution in [0.2, 0.25) is 0 Å². The van der Waals surface area contributed by atoms with Crippen molar-refractivity contribution in [3.63, 3.8) is 0 Å². The molecule has 0 aromatic heterocycles. The second-order valence-electron chi connectivity index (χ2n) is 14.9. The first-order valence-electron chi connectivity index (χ1n) is 18.2. The van der Waals surface area contributed by atoms with E-state index in [1.807, 2.05) is 46.6 Å². The highest BCUT2D eigenvalue weighted by molar-refractivity contribution is 5.92. The van der Waals surface area contributed by atoms with E-state index in [1.165, 1.54) is 26.0 Å². The number of nitrogens with zero attached hydrogens (tertiary/aromatic N) is 3. The number of hydrogen-bond acceptors (Lipinski definition) is 8. The van der Waals surface area contributed by atoms with Gasteiger partial charge in [-0.1, -0.05) is 34.1 Å². The number of ether oxygens (including phenoxy) is 3. The molecule has 2 saturated heterocycles. The quantitative estimate of drug-likeness (QED) is 0.0838. The number of carbonyl (C=O) groups is 4. The lowest BCUT2D eigenvalue weighted by Gasteiger charge is -2.41. The van der Waals surface area contributed by atoms with Gasteiger partial charge in [-0.15, -0.1) is 0 Å². The average molecular weight is 763 g/mol. The molecule has 0 aliphatic carbocycles. The minimum atomic E-state index is -2.39. The Hall–Kier alpha value is -3.37. The van der Waals surface area contributed by atoms with Crippen LogP contribution in [0.4, 0.5) is 22.0 Å². The molecule has 300 valence electrons. The lowest BCUT2D eigenvalue weighted by molar-refractivity contribution is -0.151. The van der Waals surface area contributed by atoms with Crippen molar-refractivity contribution in [1.82, 2.24) is 20.0 Å². The topological polar surface area (TPSA) is 118 Å². The van der Waals surface area contributed by atoms with Crippen molar-refractivity contribution in [3.8, 4) is 5.75 Å². The van der Waals surface area contributed by atoms with Crippen LogP contribution >= 0.6 is 0 Å². The molecule has 2 heterocycles. The van der Waals surface area contributed by atoms with Crippen LogP contribution in [0.3, 0.4) is 0 Å². The summed E-state index contributed by atoms with van der Waals surface area (Å²) in [6.07, 6.45) is 1.03. The molecule has 0 radical (unpaired) electrons. The second kappa shape index (κ2) is 18.3. The Morgan fingerprint density at radius 2 is 1.51 bits per heavy atom. The normalized spacial score (nSPS) is 22.6. The molecular formula is C37H55F5N4O7. The van der Waals surface area contributed by atoms with Gasteiger partial charge >= 0.3 is 5.97 Å². The zero-order valence-electron chi connectivity index (χ0n) is 32.4. The molecule has 0 bridgehead atoms. The first-order chi connectivity index (χ1) is 24.8. The molecule has 8 atom stereocenters. The summed E-state index contributed by atoms with van der Waals surface area (Å²) in [6.45, 7) is 11.8. The van der Waals surface area contributed by atoms with Crippen LogP contribution in [0.5, 0.6) is 5.75 Å². The number of amides is 3. The van der Waals surface area contributed by atoms with E-state index < -0.39 is 82.6 Å². The monoisotopic (exact) mass is 762 g/mol. The maximum atomic E-state index is 14.3. The predicted octanol–water partition coefficient (Wildman–Crippen LogP) is 4.83. The molecule has 3 amide bonds. The van der Waals surface area contributed by atoms with Crippen LogP contribution in [-0.4, -0.2) is 116 Å². The van der Waals surface area contributed by atoms with E-state index in [9.17, 15) is 41.1 Å². The summed E-state index contributed by atoms with van der Waals surface area (Å²) in [6, 6.07) is -2.14. The molecule has 11 nitrogen and oxygen atoms in total. The lowest BCUT2D eigenvalue weighted by atomic mass is 9.89. The standard InChI is InChI=1S/C37H55F5N4O7/c1-11-20(4)31(45(8)34(48)30(19(2)3)43-36(50)37(6)15-13-16-44(37)7)23(51-9)18-24(47)46-17-12-14-22(46)32(52-10)21(5)35(49)53-33-28(41)26(39)25(38)27(40)29(33)42/h19-23,30-32H,11-18H2,1-10H3,(H,43,50)/t20-,21+,22-,23+,30-,31-,32?,37+/m0/s1. The van der Waals surface area contributed by atoms with Crippen molar-refractivity contribution in [2.45, 2.75) is 116 Å². The Kier molecular flexibility index (Phi) is 15.2. The Morgan fingerprint density at radius 1 is 0.925 bits per heavy atom. The number of methoxy groups -OCH3 is 2. The molecular weight excluding hydrogens is 707 g/mol. The first kappa shape index (κ1) is 44.0. The zero-order valence-corrected chi connectivity index (χ0v) is 32.4. The van der Waals surface area contributed by atoms with E-state index in [1.54, 1.807) is 11.9 Å². The summed E-state index contributed by atoms with van der Waals surface area (Å²) in [5.74, 6) is -17.2. The van der Waals surface area contributed by atoms with Crippen LogP contribution < -0.4 is 10.1 Å². The van der Waals surface area contributed by atoms with E-state index >= 15 is 0 Å². The molecule has 0 spiro atoms. The summed E-state index contributed by atoms with van der Waals surface area (Å²) in [7, 11) is 6.23. The number of hydrogen-bond donors (Lipinski definition) is 1. The molecule has 2 aliphatic rings. The van der Waals surface area contributed by atoms with Gasteiger partial charge in [-0.2, -0.15) is 8.78 Å².